The summed E-state index contributed by atoms with van der Waals surface area (Å²) in [6.45, 7) is 1.21. The zero-order chi connectivity index (χ0) is 11.5. The summed E-state index contributed by atoms with van der Waals surface area (Å²) in [4.78, 5) is 0. The summed E-state index contributed by atoms with van der Waals surface area (Å²) < 4.78 is 0. The molecule has 92 valence electrons. The van der Waals surface area contributed by atoms with Crippen molar-refractivity contribution in [3.8, 4) is 0 Å². The van der Waals surface area contributed by atoms with Crippen LogP contribution in [0.5, 0.6) is 0 Å². The SMILES string of the molecule is c1ccc2c(c1)CCCC2NCC1CCSC1. The molecule has 0 spiro atoms. The van der Waals surface area contributed by atoms with Crippen LogP contribution in [0.25, 0.3) is 0 Å². The van der Waals surface area contributed by atoms with Crippen molar-refractivity contribution in [2.75, 3.05) is 18.1 Å². The first kappa shape index (κ1) is 11.6. The molecule has 2 unspecified atom stereocenters. The molecule has 1 aromatic rings. The molecule has 1 aliphatic carbocycles. The number of hydrogen-bond acceptors (Lipinski definition) is 2. The Bertz CT molecular complexity index is 371. The molecule has 0 saturated carbocycles. The Morgan fingerprint density at radius 3 is 3.06 bits per heavy atom. The highest BCUT2D eigenvalue weighted by Gasteiger charge is 2.21. The molecule has 1 N–H and O–H groups in total. The van der Waals surface area contributed by atoms with Crippen molar-refractivity contribution in [2.45, 2.75) is 31.7 Å². The molecule has 0 bridgehead atoms. The van der Waals surface area contributed by atoms with E-state index in [1.54, 1.807) is 11.1 Å². The van der Waals surface area contributed by atoms with E-state index in [1.807, 2.05) is 0 Å². The van der Waals surface area contributed by atoms with Gasteiger partial charge in [0.25, 0.3) is 0 Å². The minimum Gasteiger partial charge on any atom is -0.310 e. The molecule has 1 saturated heterocycles. The van der Waals surface area contributed by atoms with E-state index in [0.717, 1.165) is 5.92 Å². The lowest BCUT2D eigenvalue weighted by Crippen LogP contribution is -2.29. The van der Waals surface area contributed by atoms with Crippen LogP contribution in [0, 0.1) is 5.92 Å². The lowest BCUT2D eigenvalue weighted by atomic mass is 9.87. The molecule has 0 radical (unpaired) electrons. The van der Waals surface area contributed by atoms with Gasteiger partial charge in [0, 0.05) is 6.04 Å². The van der Waals surface area contributed by atoms with Crippen LogP contribution in [0.1, 0.15) is 36.4 Å². The van der Waals surface area contributed by atoms with E-state index in [4.69, 9.17) is 0 Å². The quantitative estimate of drug-likeness (QED) is 0.878. The van der Waals surface area contributed by atoms with E-state index in [1.165, 1.54) is 43.7 Å². The number of nitrogens with one attached hydrogen (secondary N) is 1. The van der Waals surface area contributed by atoms with Crippen LogP contribution in [0.4, 0.5) is 0 Å². The Balaban J connectivity index is 1.64. The highest BCUT2D eigenvalue weighted by atomic mass is 32.2. The highest BCUT2D eigenvalue weighted by molar-refractivity contribution is 7.99. The standard InChI is InChI=1S/C15H21NS/c1-2-6-14-13(4-1)5-3-7-15(14)16-10-12-8-9-17-11-12/h1-2,4,6,12,15-16H,3,5,7-11H2. The molecule has 1 heterocycles. The summed E-state index contributed by atoms with van der Waals surface area (Å²) in [7, 11) is 0. The molecule has 2 heteroatoms. The summed E-state index contributed by atoms with van der Waals surface area (Å²) in [5.41, 5.74) is 3.13. The summed E-state index contributed by atoms with van der Waals surface area (Å²) in [5.74, 6) is 3.64. The Labute approximate surface area is 108 Å². The fraction of sp³-hybridized carbons (Fsp3) is 0.600. The van der Waals surface area contributed by atoms with Crippen molar-refractivity contribution in [1.29, 1.82) is 0 Å². The second kappa shape index (κ2) is 5.45. The number of benzene rings is 1. The largest absolute Gasteiger partial charge is 0.310 e. The molecule has 1 aromatic carbocycles. The molecular weight excluding hydrogens is 226 g/mol. The molecule has 1 nitrogen and oxygen atoms in total. The van der Waals surface area contributed by atoms with Crippen molar-refractivity contribution in [3.05, 3.63) is 35.4 Å². The molecule has 1 aliphatic heterocycles. The summed E-state index contributed by atoms with van der Waals surface area (Å²) in [6.07, 6.45) is 5.34. The van der Waals surface area contributed by atoms with Gasteiger partial charge in [-0.2, -0.15) is 11.8 Å². The number of thioether (sulfide) groups is 1. The maximum absolute atomic E-state index is 3.81. The first-order valence-corrected chi connectivity index (χ1v) is 7.98. The predicted octanol–water partition coefficient (Wildman–Crippen LogP) is 3.41. The van der Waals surface area contributed by atoms with Gasteiger partial charge in [-0.1, -0.05) is 24.3 Å². The summed E-state index contributed by atoms with van der Waals surface area (Å²) in [5, 5.41) is 3.81. The smallest absolute Gasteiger partial charge is 0.0323 e. The number of rotatable bonds is 3. The van der Waals surface area contributed by atoms with Crippen molar-refractivity contribution in [3.63, 3.8) is 0 Å². The molecule has 0 aromatic heterocycles. The van der Waals surface area contributed by atoms with E-state index in [-0.39, 0.29) is 0 Å². The van der Waals surface area contributed by atoms with Gasteiger partial charge in [-0.25, -0.2) is 0 Å². The zero-order valence-corrected chi connectivity index (χ0v) is 11.1. The van der Waals surface area contributed by atoms with Crippen LogP contribution < -0.4 is 5.32 Å². The molecule has 1 fully saturated rings. The number of aryl methyl sites for hydroxylation is 1. The lowest BCUT2D eigenvalue weighted by molar-refractivity contribution is 0.418. The van der Waals surface area contributed by atoms with E-state index < -0.39 is 0 Å². The molecule has 17 heavy (non-hydrogen) atoms. The van der Waals surface area contributed by atoms with Gasteiger partial charge in [-0.15, -0.1) is 0 Å². The van der Waals surface area contributed by atoms with Gasteiger partial charge >= 0.3 is 0 Å². The van der Waals surface area contributed by atoms with Crippen molar-refractivity contribution in [2.24, 2.45) is 5.92 Å². The van der Waals surface area contributed by atoms with Crippen LogP contribution in [0.15, 0.2) is 24.3 Å². The zero-order valence-electron chi connectivity index (χ0n) is 10.3. The second-order valence-corrected chi connectivity index (χ2v) is 6.43. The third kappa shape index (κ3) is 2.69. The Morgan fingerprint density at radius 2 is 2.18 bits per heavy atom. The third-order valence-corrected chi connectivity index (χ3v) is 5.28. The first-order chi connectivity index (χ1) is 8.43. The van der Waals surface area contributed by atoms with E-state index in [2.05, 4.69) is 41.3 Å². The summed E-state index contributed by atoms with van der Waals surface area (Å²) >= 11 is 2.11. The Morgan fingerprint density at radius 1 is 1.24 bits per heavy atom. The molecule has 0 amide bonds. The van der Waals surface area contributed by atoms with Gasteiger partial charge in [-0.05, 0) is 60.8 Å². The highest BCUT2D eigenvalue weighted by Crippen LogP contribution is 2.30. The molecule has 2 aliphatic rings. The number of hydrogen-bond donors (Lipinski definition) is 1. The van der Waals surface area contributed by atoms with Crippen LogP contribution in [-0.2, 0) is 6.42 Å². The lowest BCUT2D eigenvalue weighted by Gasteiger charge is -2.27. The molecule has 3 rings (SSSR count). The average molecular weight is 247 g/mol. The minimum absolute atomic E-state index is 0.616. The van der Waals surface area contributed by atoms with Crippen molar-refractivity contribution < 1.29 is 0 Å². The predicted molar refractivity (Wildman–Crippen MR) is 75.6 cm³/mol. The third-order valence-electron chi connectivity index (χ3n) is 4.05. The summed E-state index contributed by atoms with van der Waals surface area (Å²) in [6, 6.07) is 9.59. The van der Waals surface area contributed by atoms with Crippen molar-refractivity contribution >= 4 is 11.8 Å². The van der Waals surface area contributed by atoms with Crippen LogP contribution >= 0.6 is 11.8 Å². The van der Waals surface area contributed by atoms with Gasteiger partial charge in [0.1, 0.15) is 0 Å². The van der Waals surface area contributed by atoms with E-state index in [0.29, 0.717) is 6.04 Å². The fourth-order valence-electron chi connectivity index (χ4n) is 3.02. The minimum atomic E-state index is 0.616. The van der Waals surface area contributed by atoms with Crippen LogP contribution in [-0.4, -0.2) is 18.1 Å². The molecule has 2 atom stereocenters. The van der Waals surface area contributed by atoms with E-state index in [9.17, 15) is 0 Å². The normalized spacial score (nSPS) is 28.0. The van der Waals surface area contributed by atoms with Crippen molar-refractivity contribution in [1.82, 2.24) is 5.32 Å². The monoisotopic (exact) mass is 247 g/mol. The van der Waals surface area contributed by atoms with Crippen LogP contribution in [0.3, 0.4) is 0 Å². The maximum Gasteiger partial charge on any atom is 0.0323 e. The Kier molecular flexibility index (Phi) is 3.72. The van der Waals surface area contributed by atoms with Gasteiger partial charge in [0.05, 0.1) is 0 Å². The Hall–Kier alpha value is -0.470. The average Bonchev–Trinajstić information content (AvgIpc) is 2.89. The molecular formula is C15H21NS. The number of fused-ring (bicyclic) bond motifs is 1. The first-order valence-electron chi connectivity index (χ1n) is 6.82. The van der Waals surface area contributed by atoms with E-state index >= 15 is 0 Å². The van der Waals surface area contributed by atoms with Gasteiger partial charge in [-0.3, -0.25) is 0 Å². The maximum atomic E-state index is 3.81. The fourth-order valence-corrected chi connectivity index (χ4v) is 4.30. The van der Waals surface area contributed by atoms with Gasteiger partial charge < -0.3 is 5.32 Å². The van der Waals surface area contributed by atoms with Gasteiger partial charge in [0.2, 0.25) is 0 Å². The van der Waals surface area contributed by atoms with Gasteiger partial charge in [0.15, 0.2) is 0 Å². The topological polar surface area (TPSA) is 12.0 Å². The second-order valence-electron chi connectivity index (χ2n) is 5.28. The van der Waals surface area contributed by atoms with Crippen LogP contribution in [0.2, 0.25) is 0 Å².